The van der Waals surface area contributed by atoms with Crippen LogP contribution in [0.4, 0.5) is 0 Å². The van der Waals surface area contributed by atoms with Gasteiger partial charge in [0.25, 0.3) is 0 Å². The summed E-state index contributed by atoms with van der Waals surface area (Å²) in [6.07, 6.45) is 1.31. The van der Waals surface area contributed by atoms with Crippen molar-refractivity contribution >= 4 is 24.9 Å². The van der Waals surface area contributed by atoms with E-state index < -0.39 is 8.07 Å². The summed E-state index contributed by atoms with van der Waals surface area (Å²) in [5, 5.41) is 0. The van der Waals surface area contributed by atoms with E-state index in [4.69, 9.17) is 4.74 Å². The molecule has 0 atom stereocenters. The Balaban J connectivity index is 2.33. The van der Waals surface area contributed by atoms with Gasteiger partial charge in [0, 0.05) is 14.7 Å². The van der Waals surface area contributed by atoms with E-state index in [1.54, 1.807) is 0 Å². The summed E-state index contributed by atoms with van der Waals surface area (Å²) in [4.78, 5) is 16.6. The van der Waals surface area contributed by atoms with Gasteiger partial charge in [-0.2, -0.15) is 0 Å². The molecular formula is C18H26N2O2Si. The summed E-state index contributed by atoms with van der Waals surface area (Å²) in [6, 6.07) is 5.19. The fourth-order valence-corrected chi connectivity index (χ4v) is 3.08. The first kappa shape index (κ1) is 17.6. The fraction of sp³-hybridized carbons (Fsp3) is 0.444. The van der Waals surface area contributed by atoms with Gasteiger partial charge in [-0.25, -0.2) is 4.98 Å². The van der Waals surface area contributed by atoms with Crippen molar-refractivity contribution in [2.75, 3.05) is 6.61 Å². The van der Waals surface area contributed by atoms with Crippen molar-refractivity contribution in [3.8, 4) is 0 Å². The third kappa shape index (κ3) is 4.18. The Hall–Kier alpha value is -1.72. The third-order valence-electron chi connectivity index (χ3n) is 3.99. The first-order valence-electron chi connectivity index (χ1n) is 7.95. The zero-order chi connectivity index (χ0) is 17.2. The van der Waals surface area contributed by atoms with Crippen molar-refractivity contribution in [3.05, 3.63) is 41.7 Å². The largest absolute Gasteiger partial charge is 0.361 e. The molecular weight excluding hydrogens is 304 g/mol. The Morgan fingerprint density at radius 3 is 2.57 bits per heavy atom. The molecule has 0 radical (unpaired) electrons. The van der Waals surface area contributed by atoms with E-state index in [2.05, 4.69) is 44.2 Å². The van der Waals surface area contributed by atoms with Crippen LogP contribution in [0.3, 0.4) is 0 Å². The Kier molecular flexibility index (Phi) is 5.22. The van der Waals surface area contributed by atoms with E-state index in [0.29, 0.717) is 19.2 Å². The molecule has 1 aromatic carbocycles. The molecule has 5 heteroatoms. The average Bonchev–Trinajstić information content (AvgIpc) is 2.80. The number of carbonyl (C=O) groups is 1. The molecule has 0 bridgehead atoms. The number of carbonyl (C=O) groups excluding carboxylic acids is 1. The van der Waals surface area contributed by atoms with Gasteiger partial charge in [-0.05, 0) is 49.2 Å². The van der Waals surface area contributed by atoms with Crippen molar-refractivity contribution in [1.29, 1.82) is 0 Å². The van der Waals surface area contributed by atoms with Gasteiger partial charge >= 0.3 is 0 Å². The van der Waals surface area contributed by atoms with Crippen LogP contribution in [0.5, 0.6) is 0 Å². The molecule has 0 aliphatic rings. The summed E-state index contributed by atoms with van der Waals surface area (Å²) >= 11 is 0. The molecule has 0 aliphatic carbocycles. The average molecular weight is 331 g/mol. The van der Waals surface area contributed by atoms with Crippen LogP contribution in [-0.4, -0.2) is 30.0 Å². The SMILES string of the molecule is C=CC(=O)c1nc2cc(C)c(C)cc2n1COCC[Si](C)(C)C. The number of ketones is 1. The summed E-state index contributed by atoms with van der Waals surface area (Å²) < 4.78 is 7.70. The molecule has 124 valence electrons. The van der Waals surface area contributed by atoms with Crippen molar-refractivity contribution in [1.82, 2.24) is 9.55 Å². The number of hydrogen-bond donors (Lipinski definition) is 0. The highest BCUT2D eigenvalue weighted by Crippen LogP contribution is 2.21. The highest BCUT2D eigenvalue weighted by Gasteiger charge is 2.17. The normalized spacial score (nSPS) is 11.9. The van der Waals surface area contributed by atoms with Crippen LogP contribution in [0.15, 0.2) is 24.8 Å². The summed E-state index contributed by atoms with van der Waals surface area (Å²) in [5.41, 5.74) is 4.11. The smallest absolute Gasteiger partial charge is 0.220 e. The van der Waals surface area contributed by atoms with E-state index in [9.17, 15) is 4.79 Å². The van der Waals surface area contributed by atoms with E-state index in [-0.39, 0.29) is 5.78 Å². The number of benzene rings is 1. The molecule has 0 spiro atoms. The van der Waals surface area contributed by atoms with Crippen LogP contribution in [0.1, 0.15) is 21.7 Å². The molecule has 0 aliphatic heterocycles. The number of nitrogens with zero attached hydrogens (tertiary/aromatic N) is 2. The second kappa shape index (κ2) is 6.80. The van der Waals surface area contributed by atoms with Crippen LogP contribution >= 0.6 is 0 Å². The van der Waals surface area contributed by atoms with Crippen molar-refractivity contribution < 1.29 is 9.53 Å². The molecule has 0 saturated carbocycles. The standard InChI is InChI=1S/C18H26N2O2Si/c1-7-17(21)18-19-15-10-13(2)14(3)11-16(15)20(18)12-22-8-9-23(4,5)6/h7,10-11H,1,8-9,12H2,2-6H3. The highest BCUT2D eigenvalue weighted by molar-refractivity contribution is 6.76. The number of allylic oxidation sites excluding steroid dienone is 1. The highest BCUT2D eigenvalue weighted by atomic mass is 28.3. The van der Waals surface area contributed by atoms with Crippen molar-refractivity contribution in [2.24, 2.45) is 0 Å². The lowest BCUT2D eigenvalue weighted by Crippen LogP contribution is -2.22. The maximum Gasteiger partial charge on any atom is 0.220 e. The molecule has 2 aromatic rings. The number of imidazole rings is 1. The first-order valence-corrected chi connectivity index (χ1v) is 11.7. The van der Waals surface area contributed by atoms with Gasteiger partial charge in [0.05, 0.1) is 11.0 Å². The minimum Gasteiger partial charge on any atom is -0.361 e. The third-order valence-corrected chi connectivity index (χ3v) is 5.69. The number of hydrogen-bond acceptors (Lipinski definition) is 3. The topological polar surface area (TPSA) is 44.1 Å². The van der Waals surface area contributed by atoms with E-state index in [0.717, 1.165) is 17.1 Å². The van der Waals surface area contributed by atoms with E-state index in [1.807, 2.05) is 17.6 Å². The Labute approximate surface area is 139 Å². The second-order valence-electron chi connectivity index (χ2n) is 7.21. The Morgan fingerprint density at radius 2 is 1.96 bits per heavy atom. The van der Waals surface area contributed by atoms with Gasteiger partial charge in [-0.3, -0.25) is 9.36 Å². The lowest BCUT2D eigenvalue weighted by atomic mass is 10.1. The number of rotatable bonds is 7. The Morgan fingerprint density at radius 1 is 1.30 bits per heavy atom. The minimum absolute atomic E-state index is 0.176. The number of aromatic nitrogens is 2. The van der Waals surface area contributed by atoms with Crippen LogP contribution < -0.4 is 0 Å². The van der Waals surface area contributed by atoms with Crippen LogP contribution in [0.25, 0.3) is 11.0 Å². The number of aryl methyl sites for hydroxylation is 2. The van der Waals surface area contributed by atoms with Gasteiger partial charge in [-0.1, -0.05) is 26.2 Å². The molecule has 2 rings (SSSR count). The van der Waals surface area contributed by atoms with Crippen LogP contribution in [0.2, 0.25) is 25.7 Å². The molecule has 1 heterocycles. The maximum absolute atomic E-state index is 12.1. The van der Waals surface area contributed by atoms with Gasteiger partial charge < -0.3 is 4.74 Å². The quantitative estimate of drug-likeness (QED) is 0.328. The molecule has 0 saturated heterocycles. The molecule has 1 aromatic heterocycles. The molecule has 0 unspecified atom stereocenters. The van der Waals surface area contributed by atoms with Gasteiger partial charge in [-0.15, -0.1) is 0 Å². The number of ether oxygens (including phenoxy) is 1. The first-order chi connectivity index (χ1) is 10.7. The van der Waals surface area contributed by atoms with E-state index in [1.165, 1.54) is 17.2 Å². The predicted molar refractivity (Wildman–Crippen MR) is 97.8 cm³/mol. The van der Waals surface area contributed by atoms with Crippen LogP contribution in [0, 0.1) is 13.8 Å². The maximum atomic E-state index is 12.1. The van der Waals surface area contributed by atoms with Crippen molar-refractivity contribution in [3.63, 3.8) is 0 Å². The second-order valence-corrected chi connectivity index (χ2v) is 12.8. The molecule has 0 fully saturated rings. The zero-order valence-electron chi connectivity index (χ0n) is 14.8. The lowest BCUT2D eigenvalue weighted by Gasteiger charge is -2.16. The van der Waals surface area contributed by atoms with Gasteiger partial charge in [0.2, 0.25) is 5.78 Å². The zero-order valence-corrected chi connectivity index (χ0v) is 15.8. The van der Waals surface area contributed by atoms with Crippen LogP contribution in [-0.2, 0) is 11.5 Å². The van der Waals surface area contributed by atoms with Gasteiger partial charge in [0.1, 0.15) is 6.73 Å². The number of fused-ring (bicyclic) bond motifs is 1. The van der Waals surface area contributed by atoms with Crippen molar-refractivity contribution in [2.45, 2.75) is 46.3 Å². The molecule has 4 nitrogen and oxygen atoms in total. The summed E-state index contributed by atoms with van der Waals surface area (Å²) in [7, 11) is -1.12. The monoisotopic (exact) mass is 330 g/mol. The summed E-state index contributed by atoms with van der Waals surface area (Å²) in [6.45, 7) is 15.7. The van der Waals surface area contributed by atoms with Gasteiger partial charge in [0.15, 0.2) is 5.82 Å². The molecule has 0 N–H and O–H groups in total. The molecule has 0 amide bonds. The summed E-state index contributed by atoms with van der Waals surface area (Å²) in [5.74, 6) is 0.221. The van der Waals surface area contributed by atoms with E-state index >= 15 is 0 Å². The fourth-order valence-electron chi connectivity index (χ4n) is 2.32. The lowest BCUT2D eigenvalue weighted by molar-refractivity contribution is 0.0837. The predicted octanol–water partition coefficient (Wildman–Crippen LogP) is 4.33. The molecule has 23 heavy (non-hydrogen) atoms. The minimum atomic E-state index is -1.12. The Bertz CT molecular complexity index is 742.